The minimum absolute atomic E-state index is 0.0405. The van der Waals surface area contributed by atoms with Crippen LogP contribution in [0.2, 0.25) is 0 Å². The molecule has 0 aliphatic carbocycles. The van der Waals surface area contributed by atoms with Gasteiger partial charge in [-0.15, -0.1) is 0 Å². The fourth-order valence-electron chi connectivity index (χ4n) is 3.18. The molecule has 1 fully saturated rings. The molecule has 6 nitrogen and oxygen atoms in total. The van der Waals surface area contributed by atoms with E-state index in [4.69, 9.17) is 4.74 Å². The van der Waals surface area contributed by atoms with Gasteiger partial charge < -0.3 is 20.1 Å². The standard InChI is InChI=1S/C15H25NO5/c1-9(2)15(20,10(3)17)14(19)21-8-11-4-6-16-7-5-12(18)13(11)16/h4,9-10,12-13,17-18,20H,5-8H2,1-3H3/t10-,12-,13-,15-/m1/s1. The number of carbonyl (C=O) groups is 1. The maximum atomic E-state index is 12.1. The van der Waals surface area contributed by atoms with E-state index in [1.54, 1.807) is 13.8 Å². The van der Waals surface area contributed by atoms with Crippen LogP contribution in [0.5, 0.6) is 0 Å². The summed E-state index contributed by atoms with van der Waals surface area (Å²) >= 11 is 0. The van der Waals surface area contributed by atoms with Crippen molar-refractivity contribution in [3.8, 4) is 0 Å². The third-order valence-electron chi connectivity index (χ3n) is 4.65. The van der Waals surface area contributed by atoms with Crippen molar-refractivity contribution in [2.75, 3.05) is 19.7 Å². The zero-order chi connectivity index (χ0) is 15.8. The summed E-state index contributed by atoms with van der Waals surface area (Å²) in [6.07, 6.45) is 1.03. The van der Waals surface area contributed by atoms with Gasteiger partial charge >= 0.3 is 5.97 Å². The van der Waals surface area contributed by atoms with Crippen LogP contribution in [0.1, 0.15) is 27.2 Å². The number of rotatable bonds is 5. The molecule has 0 aromatic heterocycles. The summed E-state index contributed by atoms with van der Waals surface area (Å²) in [5.74, 6) is -1.28. The molecular weight excluding hydrogens is 274 g/mol. The number of hydrogen-bond acceptors (Lipinski definition) is 6. The summed E-state index contributed by atoms with van der Waals surface area (Å²) in [4.78, 5) is 14.3. The smallest absolute Gasteiger partial charge is 0.341 e. The minimum atomic E-state index is -1.91. The second-order valence-electron chi connectivity index (χ2n) is 6.31. The number of carbonyl (C=O) groups excluding carboxylic acids is 1. The highest BCUT2D eigenvalue weighted by atomic mass is 16.6. The highest BCUT2D eigenvalue weighted by Crippen LogP contribution is 2.30. The van der Waals surface area contributed by atoms with Gasteiger partial charge in [-0.1, -0.05) is 19.9 Å². The summed E-state index contributed by atoms with van der Waals surface area (Å²) < 4.78 is 5.22. The normalized spacial score (nSPS) is 30.0. The topological polar surface area (TPSA) is 90.2 Å². The first-order valence-corrected chi connectivity index (χ1v) is 7.47. The van der Waals surface area contributed by atoms with Crippen molar-refractivity contribution in [1.82, 2.24) is 4.90 Å². The third kappa shape index (κ3) is 2.85. The zero-order valence-corrected chi connectivity index (χ0v) is 12.8. The molecule has 120 valence electrons. The molecule has 0 radical (unpaired) electrons. The second-order valence-corrected chi connectivity index (χ2v) is 6.31. The first kappa shape index (κ1) is 16.4. The average molecular weight is 299 g/mol. The maximum Gasteiger partial charge on any atom is 0.341 e. The molecule has 2 heterocycles. The Kier molecular flexibility index (Phi) is 4.72. The van der Waals surface area contributed by atoms with Crippen LogP contribution in [-0.2, 0) is 9.53 Å². The van der Waals surface area contributed by atoms with Crippen molar-refractivity contribution in [3.05, 3.63) is 11.6 Å². The van der Waals surface area contributed by atoms with Crippen LogP contribution in [-0.4, -0.2) is 69.7 Å². The van der Waals surface area contributed by atoms with Crippen LogP contribution >= 0.6 is 0 Å². The number of nitrogens with zero attached hydrogens (tertiary/aromatic N) is 1. The largest absolute Gasteiger partial charge is 0.459 e. The number of aliphatic hydroxyl groups excluding tert-OH is 2. The minimum Gasteiger partial charge on any atom is -0.459 e. The predicted octanol–water partition coefficient (Wildman–Crippen LogP) is -0.327. The Hall–Kier alpha value is -0.950. The van der Waals surface area contributed by atoms with Crippen molar-refractivity contribution < 1.29 is 24.9 Å². The van der Waals surface area contributed by atoms with Crippen LogP contribution in [0.15, 0.2) is 11.6 Å². The van der Waals surface area contributed by atoms with E-state index >= 15 is 0 Å². The monoisotopic (exact) mass is 299 g/mol. The highest BCUT2D eigenvalue weighted by Gasteiger charge is 2.46. The molecule has 21 heavy (non-hydrogen) atoms. The number of esters is 1. The Balaban J connectivity index is 1.98. The molecule has 2 rings (SSSR count). The van der Waals surface area contributed by atoms with E-state index in [0.717, 1.165) is 25.1 Å². The third-order valence-corrected chi connectivity index (χ3v) is 4.65. The molecule has 0 unspecified atom stereocenters. The van der Waals surface area contributed by atoms with Crippen LogP contribution in [0, 0.1) is 5.92 Å². The zero-order valence-electron chi connectivity index (χ0n) is 12.8. The molecule has 0 saturated carbocycles. The molecule has 2 aliphatic rings. The lowest BCUT2D eigenvalue weighted by molar-refractivity contribution is -0.183. The summed E-state index contributed by atoms with van der Waals surface area (Å²) in [7, 11) is 0. The van der Waals surface area contributed by atoms with Crippen LogP contribution < -0.4 is 0 Å². The molecule has 0 bridgehead atoms. The van der Waals surface area contributed by atoms with Gasteiger partial charge in [0.2, 0.25) is 0 Å². The van der Waals surface area contributed by atoms with Crippen LogP contribution in [0.4, 0.5) is 0 Å². The van der Waals surface area contributed by atoms with Crippen molar-refractivity contribution >= 4 is 5.97 Å². The summed E-state index contributed by atoms with van der Waals surface area (Å²) in [6, 6.07) is -0.0866. The number of fused-ring (bicyclic) bond motifs is 1. The molecule has 0 aromatic rings. The summed E-state index contributed by atoms with van der Waals surface area (Å²) in [6.45, 7) is 6.32. The molecule has 3 N–H and O–H groups in total. The van der Waals surface area contributed by atoms with E-state index in [1.165, 1.54) is 6.92 Å². The Labute approximate surface area is 125 Å². The molecular formula is C15H25NO5. The Bertz CT molecular complexity index is 424. The lowest BCUT2D eigenvalue weighted by atomic mass is 9.85. The Morgan fingerprint density at radius 1 is 1.52 bits per heavy atom. The van der Waals surface area contributed by atoms with E-state index in [-0.39, 0.29) is 12.6 Å². The van der Waals surface area contributed by atoms with E-state index < -0.39 is 29.7 Å². The quantitative estimate of drug-likeness (QED) is 0.476. The second kappa shape index (κ2) is 6.04. The van der Waals surface area contributed by atoms with Crippen molar-refractivity contribution in [1.29, 1.82) is 0 Å². The Morgan fingerprint density at radius 2 is 2.19 bits per heavy atom. The van der Waals surface area contributed by atoms with Crippen molar-refractivity contribution in [2.24, 2.45) is 5.92 Å². The lowest BCUT2D eigenvalue weighted by Gasteiger charge is -2.32. The number of ether oxygens (including phenoxy) is 1. The molecule has 0 amide bonds. The fraction of sp³-hybridized carbons (Fsp3) is 0.800. The lowest BCUT2D eigenvalue weighted by Crippen LogP contribution is -2.53. The predicted molar refractivity (Wildman–Crippen MR) is 76.5 cm³/mol. The van der Waals surface area contributed by atoms with Crippen LogP contribution in [0.3, 0.4) is 0 Å². The van der Waals surface area contributed by atoms with Gasteiger partial charge in [0.05, 0.1) is 18.2 Å². The van der Waals surface area contributed by atoms with Gasteiger partial charge in [0.25, 0.3) is 0 Å². The van der Waals surface area contributed by atoms with Gasteiger partial charge in [0.1, 0.15) is 6.61 Å². The van der Waals surface area contributed by atoms with Gasteiger partial charge in [0, 0.05) is 13.1 Å². The van der Waals surface area contributed by atoms with E-state index in [9.17, 15) is 20.1 Å². The van der Waals surface area contributed by atoms with Gasteiger partial charge in [-0.2, -0.15) is 0 Å². The van der Waals surface area contributed by atoms with Gasteiger partial charge in [0.15, 0.2) is 5.60 Å². The first-order chi connectivity index (χ1) is 9.78. The fourth-order valence-corrected chi connectivity index (χ4v) is 3.18. The highest BCUT2D eigenvalue weighted by molar-refractivity contribution is 5.80. The van der Waals surface area contributed by atoms with Crippen molar-refractivity contribution in [3.63, 3.8) is 0 Å². The van der Waals surface area contributed by atoms with Gasteiger partial charge in [-0.3, -0.25) is 4.90 Å². The molecule has 0 spiro atoms. The summed E-state index contributed by atoms with van der Waals surface area (Å²) in [5.41, 5.74) is -1.04. The molecule has 0 aromatic carbocycles. The van der Waals surface area contributed by atoms with Gasteiger partial charge in [-0.25, -0.2) is 4.79 Å². The molecule has 2 aliphatic heterocycles. The average Bonchev–Trinajstić information content (AvgIpc) is 2.98. The van der Waals surface area contributed by atoms with E-state index in [2.05, 4.69) is 4.90 Å². The Morgan fingerprint density at radius 3 is 2.76 bits per heavy atom. The molecule has 6 heteroatoms. The number of aliphatic hydroxyl groups is 3. The van der Waals surface area contributed by atoms with E-state index in [0.29, 0.717) is 0 Å². The molecule has 4 atom stereocenters. The van der Waals surface area contributed by atoms with Crippen LogP contribution in [0.25, 0.3) is 0 Å². The molecule has 1 saturated heterocycles. The first-order valence-electron chi connectivity index (χ1n) is 7.47. The van der Waals surface area contributed by atoms with Gasteiger partial charge in [-0.05, 0) is 24.8 Å². The van der Waals surface area contributed by atoms with E-state index in [1.807, 2.05) is 6.08 Å². The SMILES string of the molecule is CC(C)[C@](O)(C(=O)OCC1=CCN2CC[C@@H](O)[C@@H]12)[C@@H](C)O. The summed E-state index contributed by atoms with van der Waals surface area (Å²) in [5, 5.41) is 30.0. The van der Waals surface area contributed by atoms with Crippen molar-refractivity contribution in [2.45, 2.75) is 51.0 Å². The number of hydrogen-bond donors (Lipinski definition) is 3. The maximum absolute atomic E-state index is 12.1.